The number of nitrogens with zero attached hydrogens (tertiary/aromatic N) is 1. The molecule has 1 fully saturated rings. The highest BCUT2D eigenvalue weighted by atomic mass is 35.5. The fourth-order valence-corrected chi connectivity index (χ4v) is 3.21. The summed E-state index contributed by atoms with van der Waals surface area (Å²) >= 11 is 10.2. The van der Waals surface area contributed by atoms with E-state index in [2.05, 4.69) is 17.9 Å². The van der Waals surface area contributed by atoms with Gasteiger partial charge in [-0.05, 0) is 49.6 Å². The van der Waals surface area contributed by atoms with Crippen LogP contribution in [0, 0.1) is 6.92 Å². The minimum absolute atomic E-state index is 0.0260. The molecule has 2 amide bonds. The average Bonchev–Trinajstić information content (AvgIpc) is 2.59. The molecule has 0 saturated carbocycles. The van der Waals surface area contributed by atoms with Gasteiger partial charge in [-0.15, -0.1) is 0 Å². The van der Waals surface area contributed by atoms with Gasteiger partial charge in [0, 0.05) is 25.6 Å². The van der Waals surface area contributed by atoms with E-state index in [1.807, 2.05) is 19.1 Å². The van der Waals surface area contributed by atoms with Gasteiger partial charge in [-0.2, -0.15) is 12.6 Å². The zero-order valence-corrected chi connectivity index (χ0v) is 16.1. The second kappa shape index (κ2) is 9.92. The van der Waals surface area contributed by atoms with E-state index in [1.165, 1.54) is 0 Å². The third-order valence-electron chi connectivity index (χ3n) is 4.21. The minimum Gasteiger partial charge on any atom is -0.482 e. The van der Waals surface area contributed by atoms with Crippen LogP contribution in [0.1, 0.15) is 31.2 Å². The Morgan fingerprint density at radius 1 is 1.36 bits per heavy atom. The van der Waals surface area contributed by atoms with Crippen LogP contribution in [0.5, 0.6) is 5.75 Å². The molecule has 25 heavy (non-hydrogen) atoms. The molecule has 1 aliphatic heterocycles. The van der Waals surface area contributed by atoms with Crippen LogP contribution in [-0.2, 0) is 9.59 Å². The van der Waals surface area contributed by atoms with Crippen LogP contribution in [0.4, 0.5) is 0 Å². The van der Waals surface area contributed by atoms with E-state index in [0.29, 0.717) is 36.0 Å². The molecule has 0 aliphatic carbocycles. The lowest BCUT2D eigenvalue weighted by Gasteiger charge is -2.32. The third-order valence-corrected chi connectivity index (χ3v) is 4.82. The summed E-state index contributed by atoms with van der Waals surface area (Å²) in [5.41, 5.74) is 1.04. The summed E-state index contributed by atoms with van der Waals surface area (Å²) < 4.78 is 5.54. The normalized spacial score (nSPS) is 15.1. The number of amides is 2. The Hall–Kier alpha value is -1.40. The molecule has 0 bridgehead atoms. The molecule has 0 unspecified atom stereocenters. The van der Waals surface area contributed by atoms with E-state index in [1.54, 1.807) is 11.0 Å². The van der Waals surface area contributed by atoms with E-state index in [9.17, 15) is 9.59 Å². The monoisotopic (exact) mass is 384 g/mol. The van der Waals surface area contributed by atoms with Crippen molar-refractivity contribution in [1.29, 1.82) is 0 Å². The van der Waals surface area contributed by atoms with Gasteiger partial charge in [-0.3, -0.25) is 9.59 Å². The SMILES string of the molecule is Cc1ccc(OCC(=O)N2CCC(NC(=O)CCCS)CC2)c(Cl)c1. The molecule has 0 spiro atoms. The van der Waals surface area contributed by atoms with Crippen molar-refractivity contribution in [2.24, 2.45) is 0 Å². The lowest BCUT2D eigenvalue weighted by Crippen LogP contribution is -2.47. The standard InChI is InChI=1S/C18H25ClN2O3S/c1-13-4-5-16(15(19)11-13)24-12-18(23)21-8-6-14(7-9-21)20-17(22)3-2-10-25/h4-5,11,14,25H,2-3,6-10,12H2,1H3,(H,20,22). The van der Waals surface area contributed by atoms with Crippen molar-refractivity contribution in [1.82, 2.24) is 10.2 Å². The number of benzene rings is 1. The van der Waals surface area contributed by atoms with Gasteiger partial charge < -0.3 is 15.0 Å². The van der Waals surface area contributed by atoms with Crippen molar-refractivity contribution < 1.29 is 14.3 Å². The number of carbonyl (C=O) groups is 2. The maximum absolute atomic E-state index is 12.3. The van der Waals surface area contributed by atoms with Gasteiger partial charge in [-0.25, -0.2) is 0 Å². The molecule has 1 N–H and O–H groups in total. The fourth-order valence-electron chi connectivity index (χ4n) is 2.77. The number of ether oxygens (including phenoxy) is 1. The maximum atomic E-state index is 12.3. The first-order chi connectivity index (χ1) is 12.0. The number of rotatable bonds is 7. The largest absolute Gasteiger partial charge is 0.482 e. The van der Waals surface area contributed by atoms with Crippen molar-refractivity contribution >= 4 is 36.0 Å². The molecular formula is C18H25ClN2O3S. The molecule has 1 heterocycles. The summed E-state index contributed by atoms with van der Waals surface area (Å²) in [4.78, 5) is 25.8. The lowest BCUT2D eigenvalue weighted by atomic mass is 10.0. The summed E-state index contributed by atoms with van der Waals surface area (Å²) in [7, 11) is 0. The molecule has 0 aromatic heterocycles. The second-order valence-corrected chi connectivity index (χ2v) is 7.13. The summed E-state index contributed by atoms with van der Waals surface area (Å²) in [5.74, 6) is 1.24. The van der Waals surface area contributed by atoms with E-state index in [-0.39, 0.29) is 24.5 Å². The average molecular weight is 385 g/mol. The Labute approximate surface area is 159 Å². The highest BCUT2D eigenvalue weighted by molar-refractivity contribution is 7.80. The first-order valence-corrected chi connectivity index (χ1v) is 9.57. The van der Waals surface area contributed by atoms with Gasteiger partial charge in [0.1, 0.15) is 5.75 Å². The van der Waals surface area contributed by atoms with Crippen LogP contribution in [0.2, 0.25) is 5.02 Å². The first kappa shape index (κ1) is 19.9. The molecule has 0 radical (unpaired) electrons. The van der Waals surface area contributed by atoms with Gasteiger partial charge in [0.2, 0.25) is 5.91 Å². The number of halogens is 1. The highest BCUT2D eigenvalue weighted by Gasteiger charge is 2.24. The van der Waals surface area contributed by atoms with Crippen LogP contribution >= 0.6 is 24.2 Å². The molecule has 7 heteroatoms. The topological polar surface area (TPSA) is 58.6 Å². The molecule has 1 aromatic rings. The molecule has 2 rings (SSSR count). The second-order valence-electron chi connectivity index (χ2n) is 6.27. The Kier molecular flexibility index (Phi) is 7.90. The van der Waals surface area contributed by atoms with Gasteiger partial charge in [0.05, 0.1) is 5.02 Å². The van der Waals surface area contributed by atoms with Crippen molar-refractivity contribution in [2.75, 3.05) is 25.4 Å². The molecule has 138 valence electrons. The smallest absolute Gasteiger partial charge is 0.260 e. The molecule has 1 aliphatic rings. The minimum atomic E-state index is -0.0588. The summed E-state index contributed by atoms with van der Waals surface area (Å²) in [6.45, 7) is 3.17. The van der Waals surface area contributed by atoms with Gasteiger partial charge in [-0.1, -0.05) is 17.7 Å². The Morgan fingerprint density at radius 3 is 2.72 bits per heavy atom. The predicted molar refractivity (Wildman–Crippen MR) is 103 cm³/mol. The van der Waals surface area contributed by atoms with Crippen molar-refractivity contribution in [3.8, 4) is 5.75 Å². The Bertz CT molecular complexity index is 604. The summed E-state index contributed by atoms with van der Waals surface area (Å²) in [6.07, 6.45) is 2.83. The molecular weight excluding hydrogens is 360 g/mol. The van der Waals surface area contributed by atoms with E-state index < -0.39 is 0 Å². The number of nitrogens with one attached hydrogen (secondary N) is 1. The van der Waals surface area contributed by atoms with Crippen molar-refractivity contribution in [2.45, 2.75) is 38.6 Å². The molecule has 5 nitrogen and oxygen atoms in total. The van der Waals surface area contributed by atoms with Crippen LogP contribution in [-0.4, -0.2) is 48.2 Å². The fraction of sp³-hybridized carbons (Fsp3) is 0.556. The first-order valence-electron chi connectivity index (χ1n) is 8.56. The van der Waals surface area contributed by atoms with Gasteiger partial charge in [0.15, 0.2) is 6.61 Å². The number of hydrogen-bond donors (Lipinski definition) is 2. The predicted octanol–water partition coefficient (Wildman–Crippen LogP) is 2.84. The van der Waals surface area contributed by atoms with Crippen molar-refractivity contribution in [3.05, 3.63) is 28.8 Å². The maximum Gasteiger partial charge on any atom is 0.260 e. The lowest BCUT2D eigenvalue weighted by molar-refractivity contribution is -0.134. The number of carbonyl (C=O) groups excluding carboxylic acids is 2. The Balaban J connectivity index is 1.73. The number of hydrogen-bond acceptors (Lipinski definition) is 4. The van der Waals surface area contributed by atoms with Gasteiger partial charge >= 0.3 is 0 Å². The van der Waals surface area contributed by atoms with Crippen LogP contribution in [0.3, 0.4) is 0 Å². The number of piperidine rings is 1. The van der Waals surface area contributed by atoms with E-state index >= 15 is 0 Å². The molecule has 1 saturated heterocycles. The zero-order chi connectivity index (χ0) is 18.2. The van der Waals surface area contributed by atoms with E-state index in [4.69, 9.17) is 16.3 Å². The van der Waals surface area contributed by atoms with Crippen molar-refractivity contribution in [3.63, 3.8) is 0 Å². The Morgan fingerprint density at radius 2 is 2.08 bits per heavy atom. The number of likely N-dealkylation sites (tertiary alicyclic amines) is 1. The van der Waals surface area contributed by atoms with Crippen LogP contribution in [0.25, 0.3) is 0 Å². The van der Waals surface area contributed by atoms with Gasteiger partial charge in [0.25, 0.3) is 5.91 Å². The molecule has 0 atom stereocenters. The summed E-state index contributed by atoms with van der Waals surface area (Å²) in [6, 6.07) is 5.62. The third kappa shape index (κ3) is 6.44. The zero-order valence-electron chi connectivity index (χ0n) is 14.5. The summed E-state index contributed by atoms with van der Waals surface area (Å²) in [5, 5.41) is 3.53. The number of thiol groups is 1. The van der Waals surface area contributed by atoms with E-state index in [0.717, 1.165) is 24.8 Å². The highest BCUT2D eigenvalue weighted by Crippen LogP contribution is 2.25. The quantitative estimate of drug-likeness (QED) is 0.711. The van der Waals surface area contributed by atoms with Crippen LogP contribution in [0.15, 0.2) is 18.2 Å². The van der Waals surface area contributed by atoms with Crippen LogP contribution < -0.4 is 10.1 Å². The molecule has 1 aromatic carbocycles. The number of aryl methyl sites for hydroxylation is 1.